The van der Waals surface area contributed by atoms with Crippen LogP contribution in [0.3, 0.4) is 0 Å². The van der Waals surface area contributed by atoms with Gasteiger partial charge in [0.25, 0.3) is 10.0 Å². The van der Waals surface area contributed by atoms with E-state index in [9.17, 15) is 13.2 Å². The number of anilines is 1. The van der Waals surface area contributed by atoms with Crippen LogP contribution >= 0.6 is 0 Å². The summed E-state index contributed by atoms with van der Waals surface area (Å²) in [6, 6.07) is 20.3. The van der Waals surface area contributed by atoms with Crippen molar-refractivity contribution in [2.75, 3.05) is 10.8 Å². The van der Waals surface area contributed by atoms with Crippen LogP contribution in [0.1, 0.15) is 16.7 Å². The van der Waals surface area contributed by atoms with Crippen molar-refractivity contribution in [1.29, 1.82) is 0 Å². The van der Waals surface area contributed by atoms with Crippen LogP contribution in [0.4, 0.5) is 5.69 Å². The summed E-state index contributed by atoms with van der Waals surface area (Å²) < 4.78 is 27.7. The lowest BCUT2D eigenvalue weighted by Crippen LogP contribution is -2.42. The maximum absolute atomic E-state index is 13.3. The molecule has 0 atom stereocenters. The largest absolute Gasteiger partial charge is 0.350 e. The third kappa shape index (κ3) is 3.51. The van der Waals surface area contributed by atoms with Gasteiger partial charge in [0.2, 0.25) is 5.91 Å². The minimum Gasteiger partial charge on any atom is -0.350 e. The van der Waals surface area contributed by atoms with Crippen molar-refractivity contribution in [1.82, 2.24) is 5.32 Å². The number of hydrogen-bond acceptors (Lipinski definition) is 3. The van der Waals surface area contributed by atoms with E-state index in [1.165, 1.54) is 4.31 Å². The van der Waals surface area contributed by atoms with E-state index < -0.39 is 10.0 Å². The zero-order chi connectivity index (χ0) is 20.6. The molecule has 0 spiro atoms. The first-order valence-corrected chi connectivity index (χ1v) is 10.9. The van der Waals surface area contributed by atoms with Gasteiger partial charge >= 0.3 is 0 Å². The number of carbonyl (C=O) groups is 1. The Balaban J connectivity index is 1.65. The zero-order valence-corrected chi connectivity index (χ0v) is 17.2. The zero-order valence-electron chi connectivity index (χ0n) is 16.3. The fourth-order valence-electron chi connectivity index (χ4n) is 3.60. The maximum atomic E-state index is 13.3. The molecule has 0 saturated carbocycles. The lowest BCUT2D eigenvalue weighted by atomic mass is 10.0. The van der Waals surface area contributed by atoms with Crippen LogP contribution in [0.5, 0.6) is 0 Å². The van der Waals surface area contributed by atoms with E-state index in [1.54, 1.807) is 24.3 Å². The molecule has 0 radical (unpaired) electrons. The molecule has 0 fully saturated rings. The van der Waals surface area contributed by atoms with Gasteiger partial charge in [-0.2, -0.15) is 0 Å². The third-order valence-corrected chi connectivity index (χ3v) is 7.01. The molecule has 0 aliphatic carbocycles. The molecule has 5 nitrogen and oxygen atoms in total. The Bertz CT molecular complexity index is 1200. The molecule has 1 heterocycles. The van der Waals surface area contributed by atoms with E-state index in [2.05, 4.69) is 5.32 Å². The van der Waals surface area contributed by atoms with Gasteiger partial charge < -0.3 is 5.32 Å². The molecule has 29 heavy (non-hydrogen) atoms. The summed E-state index contributed by atoms with van der Waals surface area (Å²) in [5.41, 5.74) is 5.13. The summed E-state index contributed by atoms with van der Waals surface area (Å²) in [6.07, 6.45) is 0. The van der Waals surface area contributed by atoms with Gasteiger partial charge in [0.1, 0.15) is 6.54 Å². The average Bonchev–Trinajstić information content (AvgIpc) is 2.71. The molecular formula is C23H22N2O3S. The number of nitrogens with zero attached hydrogens (tertiary/aromatic N) is 1. The van der Waals surface area contributed by atoms with Crippen LogP contribution in [0.15, 0.2) is 71.6 Å². The van der Waals surface area contributed by atoms with Gasteiger partial charge in [-0.25, -0.2) is 8.42 Å². The highest BCUT2D eigenvalue weighted by Crippen LogP contribution is 2.43. The molecule has 148 valence electrons. The number of aryl methyl sites for hydroxylation is 2. The Kier molecular flexibility index (Phi) is 4.88. The number of carbonyl (C=O) groups excluding carboxylic acids is 1. The Hall–Kier alpha value is -3.12. The summed E-state index contributed by atoms with van der Waals surface area (Å²) in [4.78, 5) is 12.9. The predicted octanol–water partition coefficient (Wildman–Crippen LogP) is 3.80. The Morgan fingerprint density at radius 3 is 2.45 bits per heavy atom. The maximum Gasteiger partial charge on any atom is 0.265 e. The quantitative estimate of drug-likeness (QED) is 0.717. The van der Waals surface area contributed by atoms with Crippen LogP contribution in [0, 0.1) is 13.8 Å². The van der Waals surface area contributed by atoms with E-state index in [4.69, 9.17) is 0 Å². The minimum absolute atomic E-state index is 0.227. The molecule has 1 aliphatic rings. The number of hydrogen-bond donors (Lipinski definition) is 1. The molecule has 0 saturated heterocycles. The summed E-state index contributed by atoms with van der Waals surface area (Å²) in [5, 5.41) is 2.85. The first-order valence-electron chi connectivity index (χ1n) is 9.42. The van der Waals surface area contributed by atoms with E-state index in [1.807, 2.05) is 56.3 Å². The molecule has 6 heteroatoms. The van der Waals surface area contributed by atoms with Crippen molar-refractivity contribution in [3.63, 3.8) is 0 Å². The van der Waals surface area contributed by atoms with Crippen molar-refractivity contribution < 1.29 is 13.2 Å². The Morgan fingerprint density at radius 1 is 0.931 bits per heavy atom. The molecular weight excluding hydrogens is 384 g/mol. The van der Waals surface area contributed by atoms with Gasteiger partial charge in [0.05, 0.1) is 10.6 Å². The van der Waals surface area contributed by atoms with Gasteiger partial charge in [-0.3, -0.25) is 9.10 Å². The second kappa shape index (κ2) is 7.37. The van der Waals surface area contributed by atoms with Crippen molar-refractivity contribution in [3.8, 4) is 11.1 Å². The van der Waals surface area contributed by atoms with Crippen LogP contribution in [-0.4, -0.2) is 20.9 Å². The van der Waals surface area contributed by atoms with Gasteiger partial charge in [0, 0.05) is 17.7 Å². The second-order valence-corrected chi connectivity index (χ2v) is 9.06. The molecule has 3 aromatic carbocycles. The second-order valence-electron chi connectivity index (χ2n) is 7.23. The molecule has 1 amide bonds. The third-order valence-electron chi connectivity index (χ3n) is 5.19. The lowest BCUT2D eigenvalue weighted by Gasteiger charge is -2.31. The molecule has 1 N–H and O–H groups in total. The van der Waals surface area contributed by atoms with Crippen LogP contribution in [0.2, 0.25) is 0 Å². The molecule has 3 aromatic rings. The van der Waals surface area contributed by atoms with Crippen LogP contribution in [0.25, 0.3) is 11.1 Å². The number of sulfonamides is 1. The highest BCUT2D eigenvalue weighted by atomic mass is 32.2. The first-order chi connectivity index (χ1) is 13.9. The Labute approximate surface area is 171 Å². The predicted molar refractivity (Wildman–Crippen MR) is 114 cm³/mol. The normalized spacial score (nSPS) is 14.1. The van der Waals surface area contributed by atoms with Crippen molar-refractivity contribution in [3.05, 3.63) is 83.4 Å². The highest BCUT2D eigenvalue weighted by Gasteiger charge is 2.35. The summed E-state index contributed by atoms with van der Waals surface area (Å²) in [5.74, 6) is -0.345. The number of amides is 1. The molecule has 1 aliphatic heterocycles. The minimum atomic E-state index is -3.82. The van der Waals surface area contributed by atoms with Gasteiger partial charge in [-0.15, -0.1) is 0 Å². The van der Waals surface area contributed by atoms with Crippen LogP contribution in [-0.2, 0) is 21.4 Å². The van der Waals surface area contributed by atoms with Crippen LogP contribution < -0.4 is 9.62 Å². The smallest absolute Gasteiger partial charge is 0.265 e. The topological polar surface area (TPSA) is 66.5 Å². The lowest BCUT2D eigenvalue weighted by molar-refractivity contribution is -0.119. The van der Waals surface area contributed by atoms with Crippen molar-refractivity contribution >= 4 is 21.6 Å². The van der Waals surface area contributed by atoms with E-state index >= 15 is 0 Å². The molecule has 0 bridgehead atoms. The highest BCUT2D eigenvalue weighted by molar-refractivity contribution is 7.93. The van der Waals surface area contributed by atoms with Gasteiger partial charge in [0.15, 0.2) is 0 Å². The standard InChI is InChI=1S/C23H22N2O3S/c1-16-11-12-21-20(13-16)19-9-5-6-10-22(19)29(27,28)25(21)15-23(26)24-14-18-8-4-3-7-17(18)2/h3-13H,14-15H2,1-2H3,(H,24,26). The number of fused-ring (bicyclic) bond motifs is 3. The monoisotopic (exact) mass is 406 g/mol. The first kappa shape index (κ1) is 19.2. The molecule has 0 unspecified atom stereocenters. The SMILES string of the molecule is Cc1ccc2c(c1)-c1ccccc1S(=O)(=O)N2CC(=O)NCc1ccccc1C. The fraction of sp³-hybridized carbons (Fsp3) is 0.174. The average molecular weight is 407 g/mol. The Morgan fingerprint density at radius 2 is 1.66 bits per heavy atom. The van der Waals surface area contributed by atoms with Gasteiger partial charge in [-0.05, 0) is 43.2 Å². The number of nitrogens with one attached hydrogen (secondary N) is 1. The number of rotatable bonds is 4. The fourth-order valence-corrected chi connectivity index (χ4v) is 5.25. The number of benzene rings is 3. The van der Waals surface area contributed by atoms with Crippen molar-refractivity contribution in [2.45, 2.75) is 25.3 Å². The van der Waals surface area contributed by atoms with Gasteiger partial charge in [-0.1, -0.05) is 54.1 Å². The van der Waals surface area contributed by atoms with E-state index in [0.29, 0.717) is 17.8 Å². The van der Waals surface area contributed by atoms with E-state index in [0.717, 1.165) is 22.3 Å². The summed E-state index contributed by atoms with van der Waals surface area (Å²) in [7, 11) is -3.82. The summed E-state index contributed by atoms with van der Waals surface area (Å²) in [6.45, 7) is 4.03. The molecule has 0 aromatic heterocycles. The molecule has 4 rings (SSSR count). The van der Waals surface area contributed by atoms with Crippen molar-refractivity contribution in [2.24, 2.45) is 0 Å². The summed E-state index contributed by atoms with van der Waals surface area (Å²) >= 11 is 0. The van der Waals surface area contributed by atoms with E-state index in [-0.39, 0.29) is 17.3 Å².